The van der Waals surface area contributed by atoms with Gasteiger partial charge in [-0.05, 0) is 11.6 Å². The maximum Gasteiger partial charge on any atom is 0.451 e. The van der Waals surface area contributed by atoms with Gasteiger partial charge in [0.15, 0.2) is 0 Å². The summed E-state index contributed by atoms with van der Waals surface area (Å²) in [7, 11) is 0. The second-order valence-corrected chi connectivity index (χ2v) is 5.19. The Morgan fingerprint density at radius 1 is 1.26 bits per heavy atom. The first-order chi connectivity index (χ1) is 10.8. The van der Waals surface area contributed by atoms with Crippen molar-refractivity contribution < 1.29 is 23.1 Å². The van der Waals surface area contributed by atoms with Gasteiger partial charge in [0.1, 0.15) is 5.82 Å². The van der Waals surface area contributed by atoms with Gasteiger partial charge < -0.3 is 9.67 Å². The van der Waals surface area contributed by atoms with Crippen LogP contribution >= 0.6 is 0 Å². The Bertz CT molecular complexity index is 743. The predicted molar refractivity (Wildman–Crippen MR) is 70.3 cm³/mol. The lowest BCUT2D eigenvalue weighted by molar-refractivity contribution is -0.148. The van der Waals surface area contributed by atoms with E-state index in [1.54, 1.807) is 0 Å². The number of halogens is 3. The Balaban J connectivity index is 1.74. The van der Waals surface area contributed by atoms with E-state index in [1.165, 1.54) is 18.5 Å². The van der Waals surface area contributed by atoms with Crippen molar-refractivity contribution in [2.45, 2.75) is 25.8 Å². The van der Waals surface area contributed by atoms with Crippen molar-refractivity contribution in [2.75, 3.05) is 6.54 Å². The molecule has 7 nitrogen and oxygen atoms in total. The molecule has 1 aliphatic rings. The second-order valence-electron chi connectivity index (χ2n) is 5.19. The number of aromatic carboxylic acids is 1. The van der Waals surface area contributed by atoms with Gasteiger partial charge in [-0.2, -0.15) is 13.2 Å². The van der Waals surface area contributed by atoms with E-state index in [0.717, 1.165) is 4.57 Å². The zero-order valence-corrected chi connectivity index (χ0v) is 11.8. The Labute approximate surface area is 128 Å². The molecule has 0 fully saturated rings. The molecule has 2 aromatic rings. The van der Waals surface area contributed by atoms with Crippen molar-refractivity contribution >= 4 is 5.97 Å². The molecule has 0 saturated carbocycles. The Hall–Kier alpha value is -2.49. The van der Waals surface area contributed by atoms with Crippen molar-refractivity contribution in [3.63, 3.8) is 0 Å². The molecule has 0 bridgehead atoms. The number of carbonyl (C=O) groups is 1. The quantitative estimate of drug-likeness (QED) is 0.917. The zero-order chi connectivity index (χ0) is 16.6. The number of carboxylic acids is 1. The van der Waals surface area contributed by atoms with Gasteiger partial charge in [-0.15, -0.1) is 10.2 Å². The summed E-state index contributed by atoms with van der Waals surface area (Å²) in [6.45, 7) is 1.09. The molecule has 0 saturated heterocycles. The normalized spacial score (nSPS) is 15.4. The summed E-state index contributed by atoms with van der Waals surface area (Å²) in [6, 6.07) is 1.50. The summed E-state index contributed by atoms with van der Waals surface area (Å²) >= 11 is 0. The van der Waals surface area contributed by atoms with E-state index in [1.807, 2.05) is 4.90 Å². The fraction of sp³-hybridized carbons (Fsp3) is 0.385. The summed E-state index contributed by atoms with van der Waals surface area (Å²) in [6.07, 6.45) is -1.74. The largest absolute Gasteiger partial charge is 0.478 e. The first-order valence-electron chi connectivity index (χ1n) is 6.73. The van der Waals surface area contributed by atoms with Gasteiger partial charge in [0, 0.05) is 32.0 Å². The lowest BCUT2D eigenvalue weighted by Crippen LogP contribution is -2.35. The lowest BCUT2D eigenvalue weighted by atomic mass is 10.2. The smallest absolute Gasteiger partial charge is 0.451 e. The Morgan fingerprint density at radius 3 is 2.74 bits per heavy atom. The van der Waals surface area contributed by atoms with Crippen LogP contribution in [0.2, 0.25) is 0 Å². The topological polar surface area (TPSA) is 84.1 Å². The van der Waals surface area contributed by atoms with E-state index in [9.17, 15) is 18.0 Å². The average Bonchev–Trinajstić information content (AvgIpc) is 2.90. The average molecular weight is 327 g/mol. The highest BCUT2D eigenvalue weighted by atomic mass is 19.4. The van der Waals surface area contributed by atoms with Crippen molar-refractivity contribution in [2.24, 2.45) is 0 Å². The van der Waals surface area contributed by atoms with Crippen LogP contribution in [-0.2, 0) is 25.8 Å². The summed E-state index contributed by atoms with van der Waals surface area (Å²) in [4.78, 5) is 16.7. The lowest BCUT2D eigenvalue weighted by Gasteiger charge is -2.27. The zero-order valence-electron chi connectivity index (χ0n) is 11.8. The molecule has 23 heavy (non-hydrogen) atoms. The van der Waals surface area contributed by atoms with Crippen LogP contribution in [0.15, 0.2) is 18.5 Å². The summed E-state index contributed by atoms with van der Waals surface area (Å²) in [5.41, 5.74) is 0.746. The van der Waals surface area contributed by atoms with E-state index >= 15 is 0 Å². The number of aromatic nitrogens is 4. The van der Waals surface area contributed by atoms with Crippen LogP contribution in [0, 0.1) is 0 Å². The minimum Gasteiger partial charge on any atom is -0.478 e. The SMILES string of the molecule is O=C(O)c1cncc(CN2CCn3c(nnc3C(F)(F)F)C2)c1. The molecule has 0 amide bonds. The van der Waals surface area contributed by atoms with E-state index < -0.39 is 18.0 Å². The third-order valence-corrected chi connectivity index (χ3v) is 3.53. The van der Waals surface area contributed by atoms with Crippen LogP contribution in [0.5, 0.6) is 0 Å². The Kier molecular flexibility index (Phi) is 3.76. The first kappa shape index (κ1) is 15.4. The fourth-order valence-corrected chi connectivity index (χ4v) is 2.50. The number of fused-ring (bicyclic) bond motifs is 1. The number of alkyl halides is 3. The number of hydrogen-bond acceptors (Lipinski definition) is 5. The molecule has 2 aromatic heterocycles. The maximum atomic E-state index is 12.8. The fourth-order valence-electron chi connectivity index (χ4n) is 2.50. The van der Waals surface area contributed by atoms with Crippen LogP contribution in [0.3, 0.4) is 0 Å². The summed E-state index contributed by atoms with van der Waals surface area (Å²) < 4.78 is 39.4. The molecular formula is C13H12F3N5O2. The van der Waals surface area contributed by atoms with Crippen molar-refractivity contribution in [1.29, 1.82) is 0 Å². The molecule has 10 heteroatoms. The van der Waals surface area contributed by atoms with Crippen LogP contribution in [0.25, 0.3) is 0 Å². The molecule has 0 unspecified atom stereocenters. The summed E-state index contributed by atoms with van der Waals surface area (Å²) in [5, 5.41) is 15.8. The molecule has 1 aliphatic heterocycles. The van der Waals surface area contributed by atoms with Crippen LogP contribution in [0.4, 0.5) is 13.2 Å². The molecule has 0 aliphatic carbocycles. The minimum atomic E-state index is -4.52. The van der Waals surface area contributed by atoms with Gasteiger partial charge in [0.05, 0.1) is 12.1 Å². The van der Waals surface area contributed by atoms with Crippen LogP contribution in [0.1, 0.15) is 27.6 Å². The highest BCUT2D eigenvalue weighted by Crippen LogP contribution is 2.29. The number of nitrogens with zero attached hydrogens (tertiary/aromatic N) is 5. The first-order valence-corrected chi connectivity index (χ1v) is 6.73. The van der Waals surface area contributed by atoms with Gasteiger partial charge in [0.25, 0.3) is 0 Å². The van der Waals surface area contributed by atoms with Gasteiger partial charge in [-0.3, -0.25) is 9.88 Å². The molecule has 0 aromatic carbocycles. The van der Waals surface area contributed by atoms with Crippen molar-refractivity contribution in [1.82, 2.24) is 24.6 Å². The molecule has 0 spiro atoms. The Morgan fingerprint density at radius 2 is 2.04 bits per heavy atom. The number of carboxylic acid groups (broad SMARTS) is 1. The van der Waals surface area contributed by atoms with E-state index in [4.69, 9.17) is 5.11 Å². The third kappa shape index (κ3) is 3.16. The monoisotopic (exact) mass is 327 g/mol. The molecule has 1 N–H and O–H groups in total. The third-order valence-electron chi connectivity index (χ3n) is 3.53. The predicted octanol–water partition coefficient (Wildman–Crippen LogP) is 1.41. The molecular weight excluding hydrogens is 315 g/mol. The van der Waals surface area contributed by atoms with Gasteiger partial charge in [0.2, 0.25) is 5.82 Å². The van der Waals surface area contributed by atoms with Crippen molar-refractivity contribution in [3.05, 3.63) is 41.2 Å². The molecule has 0 radical (unpaired) electrons. The highest BCUT2D eigenvalue weighted by Gasteiger charge is 2.39. The van der Waals surface area contributed by atoms with Gasteiger partial charge >= 0.3 is 12.1 Å². The highest BCUT2D eigenvalue weighted by molar-refractivity contribution is 5.87. The molecule has 3 heterocycles. The maximum absolute atomic E-state index is 12.8. The van der Waals surface area contributed by atoms with E-state index in [-0.39, 0.29) is 24.5 Å². The summed E-state index contributed by atoms with van der Waals surface area (Å²) in [5.74, 6) is -1.82. The standard InChI is InChI=1S/C13H12F3N5O2/c14-13(15,16)12-19-18-10-7-20(1-2-21(10)12)6-8-3-9(11(22)23)5-17-4-8/h3-5H,1-2,6-7H2,(H,22,23). The van der Waals surface area contributed by atoms with Gasteiger partial charge in [-0.25, -0.2) is 4.79 Å². The van der Waals surface area contributed by atoms with E-state index in [0.29, 0.717) is 18.7 Å². The molecule has 3 rings (SSSR count). The number of pyridine rings is 1. The number of rotatable bonds is 3. The van der Waals surface area contributed by atoms with E-state index in [2.05, 4.69) is 15.2 Å². The molecule has 0 atom stereocenters. The molecule has 122 valence electrons. The second kappa shape index (κ2) is 5.61. The minimum absolute atomic E-state index is 0.0713. The van der Waals surface area contributed by atoms with Crippen molar-refractivity contribution in [3.8, 4) is 0 Å². The van der Waals surface area contributed by atoms with Gasteiger partial charge in [-0.1, -0.05) is 0 Å². The van der Waals surface area contributed by atoms with Crippen LogP contribution in [-0.4, -0.2) is 42.3 Å². The van der Waals surface area contributed by atoms with Crippen LogP contribution < -0.4 is 0 Å². The number of hydrogen-bond donors (Lipinski definition) is 1.